The molecule has 6 rings (SSSR count). The standard InChI is InChI=1S/C30H24Cl2FN3O4S/c1-17-13-23(33)15-25-29(17)41(39,40)35(30(25)38)16-26(37)36-28(19-7-11-22(32)12-8-19)24-4-2-3-20(27(24)34-36)14-18-5-9-21(31)10-6-18/h5-15,24,28H,2-4,16H2,1H3/b20-14-. The molecule has 0 aromatic heterocycles. The second-order valence-corrected chi connectivity index (χ2v) is 13.0. The van der Waals surface area contributed by atoms with Gasteiger partial charge in [-0.3, -0.25) is 9.59 Å². The molecule has 1 fully saturated rings. The number of rotatable bonds is 4. The number of allylic oxidation sites excluding steroid dienone is 1. The number of fused-ring (bicyclic) bond motifs is 2. The summed E-state index contributed by atoms with van der Waals surface area (Å²) in [6.07, 6.45) is 4.41. The van der Waals surface area contributed by atoms with E-state index in [1.807, 2.05) is 30.3 Å². The number of hydrogen-bond donors (Lipinski definition) is 0. The molecule has 0 radical (unpaired) electrons. The predicted molar refractivity (Wildman–Crippen MR) is 155 cm³/mol. The van der Waals surface area contributed by atoms with Crippen LogP contribution in [0.25, 0.3) is 6.08 Å². The predicted octanol–water partition coefficient (Wildman–Crippen LogP) is 6.41. The maximum absolute atomic E-state index is 14.1. The Balaban J connectivity index is 1.38. The third kappa shape index (κ3) is 4.86. The molecular formula is C30H24Cl2FN3O4S. The van der Waals surface area contributed by atoms with Crippen molar-refractivity contribution >= 4 is 56.8 Å². The quantitative estimate of drug-likeness (QED) is 0.341. The Kier molecular flexibility index (Phi) is 7.00. The van der Waals surface area contributed by atoms with E-state index in [1.54, 1.807) is 24.3 Å². The lowest BCUT2D eigenvalue weighted by Gasteiger charge is -2.30. The number of benzene rings is 3. The van der Waals surface area contributed by atoms with Gasteiger partial charge in [0.2, 0.25) is 0 Å². The highest BCUT2D eigenvalue weighted by Gasteiger charge is 2.48. The summed E-state index contributed by atoms with van der Waals surface area (Å²) in [5.74, 6) is -2.48. The van der Waals surface area contributed by atoms with Crippen molar-refractivity contribution < 1.29 is 22.4 Å². The Morgan fingerprint density at radius 3 is 2.41 bits per heavy atom. The van der Waals surface area contributed by atoms with Crippen LogP contribution in [0.1, 0.15) is 52.4 Å². The van der Waals surface area contributed by atoms with Crippen LogP contribution in [-0.4, -0.2) is 41.8 Å². The van der Waals surface area contributed by atoms with E-state index >= 15 is 0 Å². The molecule has 2 aliphatic heterocycles. The lowest BCUT2D eigenvalue weighted by Crippen LogP contribution is -2.42. The first kappa shape index (κ1) is 27.6. The fourth-order valence-electron chi connectivity index (χ4n) is 5.90. The van der Waals surface area contributed by atoms with Crippen molar-refractivity contribution in [2.24, 2.45) is 11.0 Å². The van der Waals surface area contributed by atoms with E-state index in [4.69, 9.17) is 28.3 Å². The van der Waals surface area contributed by atoms with Crippen LogP contribution in [0.4, 0.5) is 4.39 Å². The van der Waals surface area contributed by atoms with E-state index in [1.165, 1.54) is 11.9 Å². The number of amides is 2. The van der Waals surface area contributed by atoms with E-state index in [9.17, 15) is 22.4 Å². The zero-order valence-corrected chi connectivity index (χ0v) is 24.2. The highest BCUT2D eigenvalue weighted by molar-refractivity contribution is 7.90. The average Bonchev–Trinajstić information content (AvgIpc) is 3.40. The summed E-state index contributed by atoms with van der Waals surface area (Å²) in [5.41, 5.74) is 3.27. The minimum atomic E-state index is -4.35. The molecule has 0 bridgehead atoms. The highest BCUT2D eigenvalue weighted by Crippen LogP contribution is 2.45. The average molecular weight is 613 g/mol. The zero-order valence-electron chi connectivity index (χ0n) is 21.9. The largest absolute Gasteiger partial charge is 0.271 e. The van der Waals surface area contributed by atoms with Crippen molar-refractivity contribution in [3.8, 4) is 0 Å². The molecule has 2 atom stereocenters. The molecule has 0 spiro atoms. The minimum absolute atomic E-state index is 0.103. The molecule has 7 nitrogen and oxygen atoms in total. The lowest BCUT2D eigenvalue weighted by atomic mass is 9.77. The molecule has 1 saturated carbocycles. The van der Waals surface area contributed by atoms with Crippen LogP contribution < -0.4 is 0 Å². The Bertz CT molecular complexity index is 1760. The summed E-state index contributed by atoms with van der Waals surface area (Å²) in [6.45, 7) is 0.654. The van der Waals surface area contributed by atoms with E-state index < -0.39 is 40.2 Å². The molecular weight excluding hydrogens is 588 g/mol. The zero-order chi connectivity index (χ0) is 29.1. The monoisotopic (exact) mass is 611 g/mol. The van der Waals surface area contributed by atoms with Crippen LogP contribution in [0.15, 0.2) is 76.2 Å². The Labute approximate surface area is 246 Å². The van der Waals surface area contributed by atoms with Gasteiger partial charge in [-0.15, -0.1) is 0 Å². The maximum atomic E-state index is 14.1. The minimum Gasteiger partial charge on any atom is -0.271 e. The normalized spacial score (nSPS) is 22.1. The van der Waals surface area contributed by atoms with Crippen LogP contribution >= 0.6 is 23.2 Å². The molecule has 3 aromatic carbocycles. The summed E-state index contributed by atoms with van der Waals surface area (Å²) in [6, 6.07) is 15.9. The van der Waals surface area contributed by atoms with Crippen LogP contribution in [0.5, 0.6) is 0 Å². The van der Waals surface area contributed by atoms with Gasteiger partial charge in [0, 0.05) is 16.0 Å². The molecule has 210 valence electrons. The number of aryl methyl sites for hydroxylation is 1. The lowest BCUT2D eigenvalue weighted by molar-refractivity contribution is -0.133. The first-order valence-electron chi connectivity index (χ1n) is 13.0. The summed E-state index contributed by atoms with van der Waals surface area (Å²) in [4.78, 5) is 26.7. The van der Waals surface area contributed by atoms with Gasteiger partial charge in [-0.25, -0.2) is 22.1 Å². The smallest absolute Gasteiger partial charge is 0.269 e. The van der Waals surface area contributed by atoms with Gasteiger partial charge in [0.25, 0.3) is 21.8 Å². The number of hydrazone groups is 1. The first-order chi connectivity index (χ1) is 19.5. The molecule has 41 heavy (non-hydrogen) atoms. The topological polar surface area (TPSA) is 87.1 Å². The van der Waals surface area contributed by atoms with Gasteiger partial charge in [-0.1, -0.05) is 47.5 Å². The van der Waals surface area contributed by atoms with E-state index in [-0.39, 0.29) is 21.9 Å². The van der Waals surface area contributed by atoms with Gasteiger partial charge in [0.1, 0.15) is 17.3 Å². The Morgan fingerprint density at radius 1 is 1.07 bits per heavy atom. The van der Waals surface area contributed by atoms with Crippen molar-refractivity contribution in [1.82, 2.24) is 9.31 Å². The summed E-state index contributed by atoms with van der Waals surface area (Å²) >= 11 is 12.2. The van der Waals surface area contributed by atoms with Crippen molar-refractivity contribution in [3.63, 3.8) is 0 Å². The first-order valence-corrected chi connectivity index (χ1v) is 15.2. The summed E-state index contributed by atoms with van der Waals surface area (Å²) in [5, 5.41) is 7.21. The van der Waals surface area contributed by atoms with E-state index in [0.717, 1.165) is 53.8 Å². The van der Waals surface area contributed by atoms with Gasteiger partial charge in [0.15, 0.2) is 0 Å². The Morgan fingerprint density at radius 2 is 1.73 bits per heavy atom. The number of carbonyl (C=O) groups excluding carboxylic acids is 2. The molecule has 3 aromatic rings. The fourth-order valence-corrected chi connectivity index (χ4v) is 7.86. The second-order valence-electron chi connectivity index (χ2n) is 10.4. The van der Waals surface area contributed by atoms with Crippen LogP contribution in [0, 0.1) is 18.7 Å². The number of hydrogen-bond acceptors (Lipinski definition) is 5. The maximum Gasteiger partial charge on any atom is 0.269 e. The second kappa shape index (κ2) is 10.4. The molecule has 0 N–H and O–H groups in total. The fraction of sp³-hybridized carbons (Fsp3) is 0.233. The molecule has 3 aliphatic rings. The number of halogens is 3. The molecule has 2 unspecified atom stereocenters. The van der Waals surface area contributed by atoms with Gasteiger partial charge in [0.05, 0.1) is 17.3 Å². The third-order valence-electron chi connectivity index (χ3n) is 7.70. The molecule has 2 amide bonds. The van der Waals surface area contributed by atoms with Gasteiger partial charge in [-0.2, -0.15) is 5.10 Å². The third-order valence-corrected chi connectivity index (χ3v) is 10.1. The molecule has 1 aliphatic carbocycles. The van der Waals surface area contributed by atoms with Crippen molar-refractivity contribution in [3.05, 3.63) is 104 Å². The number of carbonyl (C=O) groups is 2. The summed E-state index contributed by atoms with van der Waals surface area (Å²) < 4.78 is 41.2. The van der Waals surface area contributed by atoms with Crippen LogP contribution in [0.3, 0.4) is 0 Å². The molecule has 2 heterocycles. The van der Waals surface area contributed by atoms with Crippen molar-refractivity contribution in [2.45, 2.75) is 37.1 Å². The van der Waals surface area contributed by atoms with E-state index in [0.29, 0.717) is 14.4 Å². The summed E-state index contributed by atoms with van der Waals surface area (Å²) in [7, 11) is -4.35. The van der Waals surface area contributed by atoms with Gasteiger partial charge < -0.3 is 0 Å². The number of sulfonamides is 1. The highest BCUT2D eigenvalue weighted by atomic mass is 35.5. The van der Waals surface area contributed by atoms with Gasteiger partial charge in [-0.05, 0) is 90.9 Å². The molecule has 11 heteroatoms. The number of nitrogens with zero attached hydrogens (tertiary/aromatic N) is 3. The van der Waals surface area contributed by atoms with Crippen molar-refractivity contribution in [1.29, 1.82) is 0 Å². The van der Waals surface area contributed by atoms with Crippen LogP contribution in [-0.2, 0) is 14.8 Å². The Hall–Kier alpha value is -3.53. The van der Waals surface area contributed by atoms with Gasteiger partial charge >= 0.3 is 0 Å². The van der Waals surface area contributed by atoms with E-state index in [2.05, 4.69) is 0 Å². The molecule has 0 saturated heterocycles. The van der Waals surface area contributed by atoms with Crippen molar-refractivity contribution in [2.75, 3.05) is 6.54 Å². The van der Waals surface area contributed by atoms with Crippen LogP contribution in [0.2, 0.25) is 10.0 Å². The SMILES string of the molecule is Cc1cc(F)cc2c1S(=O)(=O)N(CC(=O)N1N=C3/C(=C\c4ccc(Cl)cc4)CCCC3C1c1ccc(Cl)cc1)C2=O.